The molecule has 0 radical (unpaired) electrons. The molecule has 0 bridgehead atoms. The number of benzene rings is 1. The van der Waals surface area contributed by atoms with Crippen LogP contribution in [0.4, 0.5) is 0 Å². The fraction of sp³-hybridized carbons (Fsp3) is 0.182. The van der Waals surface area contributed by atoms with Crippen LogP contribution in [-0.4, -0.2) is 11.7 Å². The Labute approximate surface area is 107 Å². The fourth-order valence-electron chi connectivity index (χ4n) is 1.39. The third kappa shape index (κ3) is 2.45. The average Bonchev–Trinajstić information content (AvgIpc) is 2.71. The first-order chi connectivity index (χ1) is 7.70. The lowest BCUT2D eigenvalue weighted by atomic mass is 10.1. The van der Waals surface area contributed by atoms with E-state index in [2.05, 4.69) is 21.1 Å². The van der Waals surface area contributed by atoms with Gasteiger partial charge in [0.2, 0.25) is 0 Å². The molecule has 16 heavy (non-hydrogen) atoms. The molecular weight excluding hydrogens is 291 g/mol. The Kier molecular flexibility index (Phi) is 3.63. The molecule has 0 aliphatic carbocycles. The van der Waals surface area contributed by atoms with E-state index in [1.165, 1.54) is 0 Å². The van der Waals surface area contributed by atoms with Crippen molar-refractivity contribution in [1.82, 2.24) is 5.16 Å². The molecule has 0 aliphatic rings. The molecule has 0 saturated heterocycles. The monoisotopic (exact) mass is 300 g/mol. The van der Waals surface area contributed by atoms with Crippen molar-refractivity contribution >= 4 is 27.5 Å². The van der Waals surface area contributed by atoms with Crippen LogP contribution in [0.2, 0.25) is 5.02 Å². The minimum atomic E-state index is 0.543. The first-order valence-electron chi connectivity index (χ1n) is 4.82. The van der Waals surface area contributed by atoms with Gasteiger partial charge in [0, 0.05) is 22.5 Å². The normalized spacial score (nSPS) is 10.7. The van der Waals surface area contributed by atoms with Gasteiger partial charge in [-0.2, -0.15) is 0 Å². The molecule has 3 nitrogen and oxygen atoms in total. The van der Waals surface area contributed by atoms with E-state index in [1.807, 2.05) is 24.3 Å². The van der Waals surface area contributed by atoms with Crippen LogP contribution in [0.15, 0.2) is 33.3 Å². The molecule has 2 rings (SSSR count). The van der Waals surface area contributed by atoms with Gasteiger partial charge >= 0.3 is 0 Å². The minimum absolute atomic E-state index is 0.543. The third-order valence-corrected chi connectivity index (χ3v) is 2.98. The van der Waals surface area contributed by atoms with Crippen LogP contribution in [-0.2, 0) is 6.42 Å². The standard InChI is InChI=1S/C11H10BrClN2O/c12-7-1-2-10(13)9(5-7)11-6-8(3-4-14)16-15-11/h1-2,5-6H,3-4,14H2. The third-order valence-electron chi connectivity index (χ3n) is 2.15. The van der Waals surface area contributed by atoms with Crippen LogP contribution >= 0.6 is 27.5 Å². The highest BCUT2D eigenvalue weighted by atomic mass is 79.9. The van der Waals surface area contributed by atoms with Crippen LogP contribution in [0, 0.1) is 0 Å². The summed E-state index contributed by atoms with van der Waals surface area (Å²) in [6.07, 6.45) is 0.679. The molecule has 0 saturated carbocycles. The fourth-order valence-corrected chi connectivity index (χ4v) is 1.97. The van der Waals surface area contributed by atoms with Gasteiger partial charge < -0.3 is 10.3 Å². The highest BCUT2D eigenvalue weighted by molar-refractivity contribution is 9.10. The van der Waals surface area contributed by atoms with Crippen LogP contribution < -0.4 is 5.73 Å². The molecule has 2 aromatic rings. The Hall–Kier alpha value is -0.840. The zero-order chi connectivity index (χ0) is 11.5. The van der Waals surface area contributed by atoms with Gasteiger partial charge in [-0.05, 0) is 24.7 Å². The summed E-state index contributed by atoms with van der Waals surface area (Å²) in [6, 6.07) is 7.47. The van der Waals surface area contributed by atoms with Crippen molar-refractivity contribution in [3.8, 4) is 11.3 Å². The molecular formula is C11H10BrClN2O. The van der Waals surface area contributed by atoms with Crippen molar-refractivity contribution in [3.63, 3.8) is 0 Å². The van der Waals surface area contributed by atoms with Crippen molar-refractivity contribution in [1.29, 1.82) is 0 Å². The quantitative estimate of drug-likeness (QED) is 0.946. The maximum Gasteiger partial charge on any atom is 0.138 e. The summed E-state index contributed by atoms with van der Waals surface area (Å²) in [5.41, 5.74) is 7.02. The molecule has 1 aromatic heterocycles. The summed E-state index contributed by atoms with van der Waals surface area (Å²) in [7, 11) is 0. The topological polar surface area (TPSA) is 52.0 Å². The van der Waals surface area contributed by atoms with Crippen molar-refractivity contribution in [2.24, 2.45) is 5.73 Å². The highest BCUT2D eigenvalue weighted by Gasteiger charge is 2.09. The van der Waals surface area contributed by atoms with Crippen LogP contribution in [0.1, 0.15) is 5.76 Å². The van der Waals surface area contributed by atoms with E-state index in [9.17, 15) is 0 Å². The van der Waals surface area contributed by atoms with Gasteiger partial charge in [-0.25, -0.2) is 0 Å². The largest absolute Gasteiger partial charge is 0.361 e. The van der Waals surface area contributed by atoms with Crippen molar-refractivity contribution in [2.45, 2.75) is 6.42 Å². The van der Waals surface area contributed by atoms with Crippen molar-refractivity contribution < 1.29 is 4.52 Å². The molecule has 5 heteroatoms. The van der Waals surface area contributed by atoms with Crippen LogP contribution in [0.25, 0.3) is 11.3 Å². The van der Waals surface area contributed by atoms with E-state index in [0.29, 0.717) is 18.0 Å². The van der Waals surface area contributed by atoms with Crippen LogP contribution in [0.5, 0.6) is 0 Å². The molecule has 0 spiro atoms. The summed E-state index contributed by atoms with van der Waals surface area (Å²) >= 11 is 9.48. The predicted octanol–water partition coefficient (Wildman–Crippen LogP) is 3.26. The lowest BCUT2D eigenvalue weighted by Gasteiger charge is -1.99. The Balaban J connectivity index is 2.38. The van der Waals surface area contributed by atoms with E-state index in [-0.39, 0.29) is 0 Å². The molecule has 0 atom stereocenters. The maximum absolute atomic E-state index is 6.09. The number of hydrogen-bond donors (Lipinski definition) is 1. The van der Waals surface area contributed by atoms with E-state index < -0.39 is 0 Å². The Morgan fingerprint density at radius 2 is 2.19 bits per heavy atom. The highest BCUT2D eigenvalue weighted by Crippen LogP contribution is 2.30. The van der Waals surface area contributed by atoms with Gasteiger partial charge in [-0.1, -0.05) is 32.7 Å². The molecule has 0 amide bonds. The summed E-state index contributed by atoms with van der Waals surface area (Å²) in [5, 5.41) is 4.62. The maximum atomic E-state index is 6.09. The number of nitrogens with zero attached hydrogens (tertiary/aromatic N) is 1. The van der Waals surface area contributed by atoms with Crippen molar-refractivity contribution in [3.05, 3.63) is 39.5 Å². The number of nitrogens with two attached hydrogens (primary N) is 1. The summed E-state index contributed by atoms with van der Waals surface area (Å²) < 4.78 is 6.10. The number of rotatable bonds is 3. The second-order valence-electron chi connectivity index (χ2n) is 3.34. The molecule has 0 aliphatic heterocycles. The number of halogens is 2. The van der Waals surface area contributed by atoms with E-state index in [0.717, 1.165) is 21.5 Å². The van der Waals surface area contributed by atoms with E-state index >= 15 is 0 Å². The first kappa shape index (κ1) is 11.6. The van der Waals surface area contributed by atoms with Gasteiger partial charge in [0.25, 0.3) is 0 Å². The minimum Gasteiger partial charge on any atom is -0.361 e. The summed E-state index contributed by atoms with van der Waals surface area (Å²) in [4.78, 5) is 0. The van der Waals surface area contributed by atoms with E-state index in [4.69, 9.17) is 21.9 Å². The van der Waals surface area contributed by atoms with Crippen LogP contribution in [0.3, 0.4) is 0 Å². The lowest BCUT2D eigenvalue weighted by Crippen LogP contribution is -2.01. The number of aromatic nitrogens is 1. The molecule has 1 heterocycles. The Bertz CT molecular complexity index is 498. The van der Waals surface area contributed by atoms with Gasteiger partial charge in [-0.15, -0.1) is 0 Å². The molecule has 0 fully saturated rings. The van der Waals surface area contributed by atoms with E-state index in [1.54, 1.807) is 0 Å². The molecule has 84 valence electrons. The molecule has 0 unspecified atom stereocenters. The second-order valence-corrected chi connectivity index (χ2v) is 4.66. The smallest absolute Gasteiger partial charge is 0.138 e. The molecule has 1 aromatic carbocycles. The zero-order valence-corrected chi connectivity index (χ0v) is 10.8. The average molecular weight is 302 g/mol. The first-order valence-corrected chi connectivity index (χ1v) is 5.99. The lowest BCUT2D eigenvalue weighted by molar-refractivity contribution is 0.386. The van der Waals surface area contributed by atoms with Gasteiger partial charge in [0.1, 0.15) is 11.5 Å². The zero-order valence-electron chi connectivity index (χ0n) is 8.41. The Morgan fingerprint density at radius 1 is 1.38 bits per heavy atom. The summed E-state index contributed by atoms with van der Waals surface area (Å²) in [5.74, 6) is 0.772. The van der Waals surface area contributed by atoms with Gasteiger partial charge in [-0.3, -0.25) is 0 Å². The Morgan fingerprint density at radius 3 is 2.94 bits per heavy atom. The SMILES string of the molecule is NCCc1cc(-c2cc(Br)ccc2Cl)no1. The van der Waals surface area contributed by atoms with Gasteiger partial charge in [0.15, 0.2) is 0 Å². The van der Waals surface area contributed by atoms with Crippen molar-refractivity contribution in [2.75, 3.05) is 6.54 Å². The van der Waals surface area contributed by atoms with Gasteiger partial charge in [0.05, 0.1) is 5.02 Å². The summed E-state index contributed by atoms with van der Waals surface area (Å²) in [6.45, 7) is 0.543. The molecule has 2 N–H and O–H groups in total. The predicted molar refractivity (Wildman–Crippen MR) is 67.4 cm³/mol. The number of hydrogen-bond acceptors (Lipinski definition) is 3. The second kappa shape index (κ2) is 4.99.